The highest BCUT2D eigenvalue weighted by molar-refractivity contribution is 6.02. The molecule has 10 heteroatoms. The average molecular weight is 468 g/mol. The predicted molar refractivity (Wildman–Crippen MR) is 115 cm³/mol. The zero-order valence-corrected chi connectivity index (χ0v) is 19.1. The number of rotatable bonds is 5. The number of halogens is 2. The lowest BCUT2D eigenvalue weighted by atomic mass is 9.93. The molecule has 2 saturated heterocycles. The van der Waals surface area contributed by atoms with E-state index in [9.17, 15) is 13.6 Å². The molecule has 3 heterocycles. The van der Waals surface area contributed by atoms with Crippen LogP contribution in [0, 0.1) is 0 Å². The Kier molecular flexibility index (Phi) is 6.65. The van der Waals surface area contributed by atoms with Crippen molar-refractivity contribution < 1.29 is 37.4 Å². The number of oxime groups is 1. The maximum Gasteiger partial charge on any atom is 0.410 e. The number of amides is 1. The fourth-order valence-corrected chi connectivity index (χ4v) is 4.11. The van der Waals surface area contributed by atoms with Gasteiger partial charge in [0.2, 0.25) is 0 Å². The molecule has 0 bridgehead atoms. The number of carbonyl (C=O) groups excluding carboxylic acids is 1. The summed E-state index contributed by atoms with van der Waals surface area (Å²) in [5.41, 5.74) is 0.431. The quantitative estimate of drug-likeness (QED) is 0.639. The summed E-state index contributed by atoms with van der Waals surface area (Å²) in [5, 5.41) is 4.21. The third kappa shape index (κ3) is 5.85. The number of alkyl halides is 2. The maximum atomic E-state index is 13.0. The van der Waals surface area contributed by atoms with Gasteiger partial charge >= 0.3 is 12.7 Å². The molecule has 1 amide bonds. The van der Waals surface area contributed by atoms with Crippen molar-refractivity contribution in [2.75, 3.05) is 26.3 Å². The minimum atomic E-state index is -2.97. The second-order valence-corrected chi connectivity index (χ2v) is 9.62. The van der Waals surface area contributed by atoms with Gasteiger partial charge < -0.3 is 28.7 Å². The molecule has 1 atom stereocenters. The second kappa shape index (κ2) is 9.32. The first-order valence-electron chi connectivity index (χ1n) is 11.2. The summed E-state index contributed by atoms with van der Waals surface area (Å²) in [6, 6.07) is 4.80. The molecular weight excluding hydrogens is 438 g/mol. The summed E-state index contributed by atoms with van der Waals surface area (Å²) in [4.78, 5) is 19.6. The number of hydrogen-bond acceptors (Lipinski definition) is 7. The lowest BCUT2D eigenvalue weighted by molar-refractivity contribution is -0.0526. The number of likely N-dealkylation sites (tertiary alicyclic amines) is 1. The van der Waals surface area contributed by atoms with Crippen LogP contribution in [0.4, 0.5) is 13.6 Å². The van der Waals surface area contributed by atoms with Gasteiger partial charge in [-0.25, -0.2) is 4.79 Å². The molecule has 0 aliphatic carbocycles. The van der Waals surface area contributed by atoms with E-state index in [1.165, 1.54) is 6.07 Å². The molecule has 3 aliphatic rings. The van der Waals surface area contributed by atoms with Crippen molar-refractivity contribution >= 4 is 11.8 Å². The van der Waals surface area contributed by atoms with Gasteiger partial charge in [-0.3, -0.25) is 0 Å². The van der Waals surface area contributed by atoms with Crippen molar-refractivity contribution in [3.8, 4) is 11.5 Å². The molecule has 0 N–H and O–H groups in total. The Bertz CT molecular complexity index is 887. The largest absolute Gasteiger partial charge is 0.486 e. The Morgan fingerprint density at radius 1 is 1.24 bits per heavy atom. The highest BCUT2D eigenvalue weighted by atomic mass is 19.3. The Hall–Kier alpha value is -2.62. The summed E-state index contributed by atoms with van der Waals surface area (Å²) in [6.07, 6.45) is 1.80. The Morgan fingerprint density at radius 3 is 2.64 bits per heavy atom. The van der Waals surface area contributed by atoms with Crippen LogP contribution in [0.5, 0.6) is 11.5 Å². The molecule has 1 unspecified atom stereocenters. The van der Waals surface area contributed by atoms with E-state index in [1.807, 2.05) is 20.8 Å². The van der Waals surface area contributed by atoms with Gasteiger partial charge in [0.05, 0.1) is 18.9 Å². The third-order valence-electron chi connectivity index (χ3n) is 5.79. The van der Waals surface area contributed by atoms with Gasteiger partial charge in [0.25, 0.3) is 0 Å². The number of piperidine rings is 1. The summed E-state index contributed by atoms with van der Waals surface area (Å²) in [7, 11) is 0. The highest BCUT2D eigenvalue weighted by Crippen LogP contribution is 2.37. The van der Waals surface area contributed by atoms with Gasteiger partial charge in [-0.2, -0.15) is 8.78 Å². The van der Waals surface area contributed by atoms with E-state index in [-0.39, 0.29) is 23.7 Å². The van der Waals surface area contributed by atoms with E-state index in [0.29, 0.717) is 51.3 Å². The van der Waals surface area contributed by atoms with Gasteiger partial charge in [-0.05, 0) is 39.0 Å². The number of hydrogen-bond donors (Lipinski definition) is 0. The van der Waals surface area contributed by atoms with Crippen molar-refractivity contribution in [2.24, 2.45) is 5.16 Å². The number of carbonyl (C=O) groups is 1. The molecule has 1 spiro atoms. The van der Waals surface area contributed by atoms with Crippen LogP contribution in [0.1, 0.15) is 52.0 Å². The average Bonchev–Trinajstić information content (AvgIpc) is 3.38. The van der Waals surface area contributed by atoms with E-state index in [2.05, 4.69) is 9.89 Å². The number of benzene rings is 1. The molecule has 2 fully saturated rings. The van der Waals surface area contributed by atoms with E-state index in [1.54, 1.807) is 17.0 Å². The van der Waals surface area contributed by atoms with Crippen LogP contribution in [0.3, 0.4) is 0 Å². The van der Waals surface area contributed by atoms with Crippen molar-refractivity contribution in [1.29, 1.82) is 0 Å². The van der Waals surface area contributed by atoms with Crippen molar-refractivity contribution in [3.63, 3.8) is 0 Å². The molecule has 1 aromatic rings. The molecule has 8 nitrogen and oxygen atoms in total. The van der Waals surface area contributed by atoms with Gasteiger partial charge in [-0.15, -0.1) is 0 Å². The van der Waals surface area contributed by atoms with Gasteiger partial charge in [0.1, 0.15) is 11.7 Å². The van der Waals surface area contributed by atoms with Crippen LogP contribution in [-0.2, 0) is 14.3 Å². The first-order valence-corrected chi connectivity index (χ1v) is 11.2. The topological polar surface area (TPSA) is 78.8 Å². The molecule has 0 aromatic heterocycles. The normalized spacial score (nSPS) is 23.6. The Morgan fingerprint density at radius 2 is 2.00 bits per heavy atom. The monoisotopic (exact) mass is 468 g/mol. The zero-order chi connectivity index (χ0) is 23.6. The molecule has 182 valence electrons. The molecule has 0 radical (unpaired) electrons. The molecule has 4 rings (SSSR count). The van der Waals surface area contributed by atoms with Gasteiger partial charge in [-0.1, -0.05) is 5.16 Å². The first-order chi connectivity index (χ1) is 15.6. The smallest absolute Gasteiger partial charge is 0.410 e. The van der Waals surface area contributed by atoms with Crippen LogP contribution in [-0.4, -0.2) is 66.9 Å². The highest BCUT2D eigenvalue weighted by Gasteiger charge is 2.43. The third-order valence-corrected chi connectivity index (χ3v) is 5.79. The minimum absolute atomic E-state index is 0.0400. The van der Waals surface area contributed by atoms with E-state index >= 15 is 0 Å². The summed E-state index contributed by atoms with van der Waals surface area (Å²) < 4.78 is 47.5. The number of ether oxygens (including phenoxy) is 4. The minimum Gasteiger partial charge on any atom is -0.486 e. The fraction of sp³-hybridized carbons (Fsp3) is 0.652. The van der Waals surface area contributed by atoms with Crippen LogP contribution < -0.4 is 9.47 Å². The lowest BCUT2D eigenvalue weighted by Crippen LogP contribution is -2.44. The SMILES string of the molecule is CC(C)(C)OC(=O)N1CCC(Oc2cc(C3=NOC4(CCOC4)C3)ccc2OC(F)F)CC1. The predicted octanol–water partition coefficient (Wildman–Crippen LogP) is 4.35. The second-order valence-electron chi connectivity index (χ2n) is 9.62. The Labute approximate surface area is 191 Å². The summed E-state index contributed by atoms with van der Waals surface area (Å²) in [6.45, 7) is 4.49. The molecule has 0 saturated carbocycles. The molecule has 3 aliphatic heterocycles. The lowest BCUT2D eigenvalue weighted by Gasteiger charge is -2.33. The van der Waals surface area contributed by atoms with Crippen LogP contribution in [0.15, 0.2) is 23.4 Å². The maximum absolute atomic E-state index is 13.0. The first kappa shape index (κ1) is 23.5. The van der Waals surface area contributed by atoms with Crippen LogP contribution in [0.2, 0.25) is 0 Å². The fourth-order valence-electron chi connectivity index (χ4n) is 4.11. The van der Waals surface area contributed by atoms with Crippen molar-refractivity contribution in [3.05, 3.63) is 23.8 Å². The van der Waals surface area contributed by atoms with Crippen molar-refractivity contribution in [1.82, 2.24) is 4.90 Å². The Balaban J connectivity index is 1.43. The number of nitrogens with zero attached hydrogens (tertiary/aromatic N) is 2. The van der Waals surface area contributed by atoms with Crippen molar-refractivity contribution in [2.45, 2.75) is 70.4 Å². The standard InChI is InChI=1S/C23H30F2N2O6/c1-22(2,3)32-21(28)27-9-6-16(7-10-27)30-19-12-15(4-5-18(19)31-20(24)25)17-13-23(33-26-17)8-11-29-14-23/h4-5,12,16,20H,6-11,13-14H2,1-3H3. The summed E-state index contributed by atoms with van der Waals surface area (Å²) in [5.74, 6) is 0.177. The summed E-state index contributed by atoms with van der Waals surface area (Å²) >= 11 is 0. The zero-order valence-electron chi connectivity index (χ0n) is 19.1. The molecule has 1 aromatic carbocycles. The van der Waals surface area contributed by atoms with Gasteiger partial charge in [0.15, 0.2) is 17.1 Å². The van der Waals surface area contributed by atoms with E-state index in [0.717, 1.165) is 12.0 Å². The molecule has 33 heavy (non-hydrogen) atoms. The van der Waals surface area contributed by atoms with E-state index < -0.39 is 17.8 Å². The van der Waals surface area contributed by atoms with E-state index in [4.69, 9.17) is 19.0 Å². The molecular formula is C23H30F2N2O6. The van der Waals surface area contributed by atoms with Gasteiger partial charge in [0, 0.05) is 44.3 Å². The van der Waals surface area contributed by atoms with Crippen LogP contribution >= 0.6 is 0 Å². The van der Waals surface area contributed by atoms with Crippen LogP contribution in [0.25, 0.3) is 0 Å².